The van der Waals surface area contributed by atoms with Gasteiger partial charge >= 0.3 is 0 Å². The highest BCUT2D eigenvalue weighted by molar-refractivity contribution is 5.35. The Morgan fingerprint density at radius 3 is 2.70 bits per heavy atom. The number of anilines is 1. The van der Waals surface area contributed by atoms with Gasteiger partial charge in [-0.1, -0.05) is 18.2 Å². The van der Waals surface area contributed by atoms with E-state index in [0.29, 0.717) is 13.2 Å². The standard InChI is InChI=1S/C16H20N2O2/c1-3-17-16-8-7-14(10-18-16)12-20-15-6-4-5-13(9-15)11-19-2/h4-10H,3,11-12H2,1-2H3,(H,17,18). The summed E-state index contributed by atoms with van der Waals surface area (Å²) in [5, 5.41) is 3.16. The Kier molecular flexibility index (Phi) is 5.38. The maximum Gasteiger partial charge on any atom is 0.125 e. The van der Waals surface area contributed by atoms with E-state index in [1.807, 2.05) is 49.5 Å². The molecule has 0 amide bonds. The van der Waals surface area contributed by atoms with Crippen LogP contribution in [0, 0.1) is 0 Å². The molecule has 1 aromatic heterocycles. The van der Waals surface area contributed by atoms with Gasteiger partial charge in [-0.3, -0.25) is 0 Å². The molecule has 2 rings (SSSR count). The molecule has 0 aliphatic heterocycles. The third kappa shape index (κ3) is 4.24. The Balaban J connectivity index is 1.92. The molecular formula is C16H20N2O2. The summed E-state index contributed by atoms with van der Waals surface area (Å²) in [4.78, 5) is 4.32. The highest BCUT2D eigenvalue weighted by Gasteiger charge is 1.99. The van der Waals surface area contributed by atoms with Gasteiger partial charge in [0.2, 0.25) is 0 Å². The van der Waals surface area contributed by atoms with Crippen molar-refractivity contribution < 1.29 is 9.47 Å². The molecule has 0 atom stereocenters. The van der Waals surface area contributed by atoms with E-state index in [0.717, 1.165) is 29.2 Å². The number of aromatic nitrogens is 1. The predicted octanol–water partition coefficient (Wildman–Crippen LogP) is 3.24. The van der Waals surface area contributed by atoms with Crippen LogP contribution in [-0.4, -0.2) is 18.6 Å². The number of methoxy groups -OCH3 is 1. The summed E-state index contributed by atoms with van der Waals surface area (Å²) >= 11 is 0. The summed E-state index contributed by atoms with van der Waals surface area (Å²) in [5.74, 6) is 1.73. The second-order valence-electron chi connectivity index (χ2n) is 4.45. The molecular weight excluding hydrogens is 252 g/mol. The first-order valence-electron chi connectivity index (χ1n) is 6.71. The molecule has 20 heavy (non-hydrogen) atoms. The van der Waals surface area contributed by atoms with Gasteiger partial charge in [0.05, 0.1) is 6.61 Å². The van der Waals surface area contributed by atoms with E-state index in [1.165, 1.54) is 0 Å². The minimum atomic E-state index is 0.510. The fourth-order valence-electron chi connectivity index (χ4n) is 1.85. The molecule has 0 aliphatic carbocycles. The SMILES string of the molecule is CCNc1ccc(COc2cccc(COC)c2)cn1. The van der Waals surface area contributed by atoms with Crippen molar-refractivity contribution in [3.8, 4) is 5.75 Å². The van der Waals surface area contributed by atoms with E-state index in [2.05, 4.69) is 10.3 Å². The smallest absolute Gasteiger partial charge is 0.125 e. The van der Waals surface area contributed by atoms with Crippen molar-refractivity contribution >= 4 is 5.82 Å². The second kappa shape index (κ2) is 7.50. The topological polar surface area (TPSA) is 43.4 Å². The van der Waals surface area contributed by atoms with Gasteiger partial charge in [0, 0.05) is 25.4 Å². The lowest BCUT2D eigenvalue weighted by Crippen LogP contribution is -2.01. The zero-order valence-corrected chi connectivity index (χ0v) is 11.9. The van der Waals surface area contributed by atoms with Gasteiger partial charge in [0.25, 0.3) is 0 Å². The summed E-state index contributed by atoms with van der Waals surface area (Å²) in [6.45, 7) is 4.02. The van der Waals surface area contributed by atoms with Crippen LogP contribution in [0.2, 0.25) is 0 Å². The van der Waals surface area contributed by atoms with Crippen LogP contribution < -0.4 is 10.1 Å². The van der Waals surface area contributed by atoms with Crippen molar-refractivity contribution in [3.05, 3.63) is 53.7 Å². The van der Waals surface area contributed by atoms with Crippen LogP contribution in [0.3, 0.4) is 0 Å². The lowest BCUT2D eigenvalue weighted by atomic mass is 10.2. The van der Waals surface area contributed by atoms with Crippen molar-refractivity contribution in [1.82, 2.24) is 4.98 Å². The molecule has 4 nitrogen and oxygen atoms in total. The van der Waals surface area contributed by atoms with E-state index in [-0.39, 0.29) is 0 Å². The van der Waals surface area contributed by atoms with Gasteiger partial charge in [0.15, 0.2) is 0 Å². The highest BCUT2D eigenvalue weighted by atomic mass is 16.5. The molecule has 0 unspecified atom stereocenters. The maximum absolute atomic E-state index is 5.76. The number of hydrogen-bond acceptors (Lipinski definition) is 4. The monoisotopic (exact) mass is 272 g/mol. The molecule has 1 heterocycles. The third-order valence-corrected chi connectivity index (χ3v) is 2.80. The van der Waals surface area contributed by atoms with Crippen LogP contribution in [0.5, 0.6) is 5.75 Å². The molecule has 2 aromatic rings. The Bertz CT molecular complexity index is 526. The van der Waals surface area contributed by atoms with E-state index < -0.39 is 0 Å². The molecule has 0 saturated heterocycles. The van der Waals surface area contributed by atoms with Crippen molar-refractivity contribution in [3.63, 3.8) is 0 Å². The van der Waals surface area contributed by atoms with Gasteiger partial charge in [-0.15, -0.1) is 0 Å². The minimum absolute atomic E-state index is 0.510. The lowest BCUT2D eigenvalue weighted by molar-refractivity contribution is 0.184. The van der Waals surface area contributed by atoms with Crippen LogP contribution in [0.4, 0.5) is 5.82 Å². The van der Waals surface area contributed by atoms with Crippen LogP contribution in [0.25, 0.3) is 0 Å². The second-order valence-corrected chi connectivity index (χ2v) is 4.45. The first kappa shape index (κ1) is 14.3. The zero-order chi connectivity index (χ0) is 14.2. The molecule has 0 saturated carbocycles. The van der Waals surface area contributed by atoms with Crippen LogP contribution >= 0.6 is 0 Å². The number of benzene rings is 1. The van der Waals surface area contributed by atoms with E-state index >= 15 is 0 Å². The van der Waals surface area contributed by atoms with E-state index in [4.69, 9.17) is 9.47 Å². The molecule has 0 aliphatic rings. The summed E-state index contributed by atoms with van der Waals surface area (Å²) in [6.07, 6.45) is 1.83. The van der Waals surface area contributed by atoms with Crippen LogP contribution in [0.1, 0.15) is 18.1 Å². The maximum atomic E-state index is 5.76. The fraction of sp³-hybridized carbons (Fsp3) is 0.312. The normalized spacial score (nSPS) is 10.3. The predicted molar refractivity (Wildman–Crippen MR) is 79.9 cm³/mol. The summed E-state index contributed by atoms with van der Waals surface area (Å²) in [5.41, 5.74) is 2.15. The number of hydrogen-bond donors (Lipinski definition) is 1. The number of nitrogens with zero attached hydrogens (tertiary/aromatic N) is 1. The van der Waals surface area contributed by atoms with Gasteiger partial charge in [0.1, 0.15) is 18.2 Å². The summed E-state index contributed by atoms with van der Waals surface area (Å²) in [7, 11) is 1.69. The van der Waals surface area contributed by atoms with Crippen molar-refractivity contribution in [2.24, 2.45) is 0 Å². The lowest BCUT2D eigenvalue weighted by Gasteiger charge is -2.08. The Morgan fingerprint density at radius 1 is 1.10 bits per heavy atom. The van der Waals surface area contributed by atoms with Gasteiger partial charge in [-0.2, -0.15) is 0 Å². The average molecular weight is 272 g/mol. The highest BCUT2D eigenvalue weighted by Crippen LogP contribution is 2.16. The Hall–Kier alpha value is -2.07. The van der Waals surface area contributed by atoms with Crippen molar-refractivity contribution in [2.75, 3.05) is 19.0 Å². The molecule has 0 fully saturated rings. The van der Waals surface area contributed by atoms with E-state index in [9.17, 15) is 0 Å². The number of pyridine rings is 1. The minimum Gasteiger partial charge on any atom is -0.489 e. The largest absolute Gasteiger partial charge is 0.489 e. The van der Waals surface area contributed by atoms with E-state index in [1.54, 1.807) is 7.11 Å². The van der Waals surface area contributed by atoms with Gasteiger partial charge in [-0.25, -0.2) is 4.98 Å². The fourth-order valence-corrected chi connectivity index (χ4v) is 1.85. The van der Waals surface area contributed by atoms with Crippen molar-refractivity contribution in [1.29, 1.82) is 0 Å². The Morgan fingerprint density at radius 2 is 2.00 bits per heavy atom. The first-order valence-corrected chi connectivity index (χ1v) is 6.71. The number of ether oxygens (including phenoxy) is 2. The van der Waals surface area contributed by atoms with Crippen molar-refractivity contribution in [2.45, 2.75) is 20.1 Å². The molecule has 106 valence electrons. The molecule has 0 radical (unpaired) electrons. The molecule has 0 bridgehead atoms. The summed E-state index contributed by atoms with van der Waals surface area (Å²) in [6, 6.07) is 11.9. The van der Waals surface area contributed by atoms with Gasteiger partial charge in [-0.05, 0) is 30.7 Å². The number of rotatable bonds is 7. The molecule has 1 N–H and O–H groups in total. The first-order chi connectivity index (χ1) is 9.81. The quantitative estimate of drug-likeness (QED) is 0.840. The summed E-state index contributed by atoms with van der Waals surface area (Å²) < 4.78 is 10.9. The molecule has 0 spiro atoms. The molecule has 1 aromatic carbocycles. The Labute approximate surface area is 119 Å². The molecule has 4 heteroatoms. The average Bonchev–Trinajstić information content (AvgIpc) is 2.48. The zero-order valence-electron chi connectivity index (χ0n) is 11.9. The third-order valence-electron chi connectivity index (χ3n) is 2.80. The number of nitrogens with one attached hydrogen (secondary N) is 1. The van der Waals surface area contributed by atoms with Crippen LogP contribution in [0.15, 0.2) is 42.6 Å². The van der Waals surface area contributed by atoms with Gasteiger partial charge < -0.3 is 14.8 Å². The van der Waals surface area contributed by atoms with Crippen LogP contribution in [-0.2, 0) is 18.0 Å².